The number of hydrogen-bond donors (Lipinski definition) is 1. The van der Waals surface area contributed by atoms with Gasteiger partial charge in [-0.1, -0.05) is 37.8 Å². The summed E-state index contributed by atoms with van der Waals surface area (Å²) in [5.41, 5.74) is 2.51. The lowest BCUT2D eigenvalue weighted by molar-refractivity contribution is 0.0959. The van der Waals surface area contributed by atoms with E-state index in [4.69, 9.17) is 10.00 Å². The second-order valence-corrected chi connectivity index (χ2v) is 6.96. The van der Waals surface area contributed by atoms with E-state index in [-0.39, 0.29) is 11.5 Å². The molecule has 0 radical (unpaired) electrons. The van der Waals surface area contributed by atoms with Crippen LogP contribution in [-0.2, 0) is 6.61 Å². The predicted molar refractivity (Wildman–Crippen MR) is 99.2 cm³/mol. The quantitative estimate of drug-likeness (QED) is 0.752. The van der Waals surface area contributed by atoms with Crippen molar-refractivity contribution in [3.8, 4) is 17.6 Å². The van der Waals surface area contributed by atoms with E-state index in [0.29, 0.717) is 41.4 Å². The largest absolute Gasteiger partial charge is 0.507 e. The lowest BCUT2D eigenvalue weighted by Crippen LogP contribution is -2.07. The van der Waals surface area contributed by atoms with Gasteiger partial charge >= 0.3 is 0 Å². The minimum absolute atomic E-state index is 0.0103. The number of rotatable bonds is 6. The maximum atomic E-state index is 12.5. The molecule has 0 unspecified atom stereocenters. The average molecular weight is 349 g/mol. The van der Waals surface area contributed by atoms with E-state index < -0.39 is 0 Å². The fourth-order valence-corrected chi connectivity index (χ4v) is 3.49. The number of hydrogen-bond acceptors (Lipinski definition) is 4. The van der Waals surface area contributed by atoms with Crippen molar-refractivity contribution in [2.24, 2.45) is 5.92 Å². The Kier molecular flexibility index (Phi) is 5.58. The summed E-state index contributed by atoms with van der Waals surface area (Å²) in [6.45, 7) is 2.09. The molecule has 1 fully saturated rings. The summed E-state index contributed by atoms with van der Waals surface area (Å²) >= 11 is 0. The zero-order chi connectivity index (χ0) is 18.5. The van der Waals surface area contributed by atoms with Crippen LogP contribution in [0, 0.1) is 24.2 Å². The molecule has 2 aromatic rings. The summed E-state index contributed by atoms with van der Waals surface area (Å²) in [5.74, 6) is 1.04. The molecule has 134 valence electrons. The summed E-state index contributed by atoms with van der Waals surface area (Å²) in [5, 5.41) is 19.3. The van der Waals surface area contributed by atoms with E-state index >= 15 is 0 Å². The minimum atomic E-state index is 0.0103. The Morgan fingerprint density at radius 3 is 2.54 bits per heavy atom. The first kappa shape index (κ1) is 18.0. The van der Waals surface area contributed by atoms with Gasteiger partial charge in [-0.05, 0) is 42.7 Å². The van der Waals surface area contributed by atoms with Crippen molar-refractivity contribution in [3.63, 3.8) is 0 Å². The van der Waals surface area contributed by atoms with E-state index in [1.54, 1.807) is 31.2 Å². The number of phenols is 1. The Hall–Kier alpha value is -2.80. The van der Waals surface area contributed by atoms with Crippen molar-refractivity contribution >= 4 is 5.78 Å². The number of nitriles is 1. The maximum absolute atomic E-state index is 12.5. The van der Waals surface area contributed by atoms with Crippen molar-refractivity contribution in [2.45, 2.75) is 45.6 Å². The number of benzene rings is 2. The van der Waals surface area contributed by atoms with Crippen LogP contribution in [0.25, 0.3) is 0 Å². The van der Waals surface area contributed by atoms with Crippen LogP contribution in [0.1, 0.15) is 59.2 Å². The van der Waals surface area contributed by atoms with Crippen LogP contribution in [0.5, 0.6) is 11.5 Å². The number of phenolic OH excluding ortho intramolecular Hbond substituents is 1. The third-order valence-electron chi connectivity index (χ3n) is 5.11. The van der Waals surface area contributed by atoms with Crippen LogP contribution >= 0.6 is 0 Å². The second kappa shape index (κ2) is 8.05. The van der Waals surface area contributed by atoms with E-state index in [0.717, 1.165) is 18.4 Å². The molecule has 3 rings (SSSR count). The van der Waals surface area contributed by atoms with Crippen molar-refractivity contribution < 1.29 is 14.6 Å². The van der Waals surface area contributed by atoms with Gasteiger partial charge in [-0.2, -0.15) is 5.26 Å². The molecule has 0 spiro atoms. The fourth-order valence-electron chi connectivity index (χ4n) is 3.49. The van der Waals surface area contributed by atoms with Gasteiger partial charge in [0.1, 0.15) is 18.1 Å². The van der Waals surface area contributed by atoms with Gasteiger partial charge in [0.25, 0.3) is 0 Å². The monoisotopic (exact) mass is 349 g/mol. The predicted octanol–water partition coefficient (Wildman–Crippen LogP) is 4.91. The summed E-state index contributed by atoms with van der Waals surface area (Å²) in [6.07, 6.45) is 5.13. The Labute approximate surface area is 154 Å². The first-order valence-corrected chi connectivity index (χ1v) is 9.06. The van der Waals surface area contributed by atoms with Crippen LogP contribution in [0.15, 0.2) is 36.4 Å². The van der Waals surface area contributed by atoms with Crippen LogP contribution in [0.4, 0.5) is 0 Å². The molecule has 0 bridgehead atoms. The molecule has 1 aliphatic rings. The van der Waals surface area contributed by atoms with Gasteiger partial charge in [0.2, 0.25) is 0 Å². The van der Waals surface area contributed by atoms with Gasteiger partial charge in [0.15, 0.2) is 5.78 Å². The third kappa shape index (κ3) is 4.05. The number of nitrogens with zero attached hydrogens (tertiary/aromatic N) is 1. The summed E-state index contributed by atoms with van der Waals surface area (Å²) < 4.78 is 5.79. The molecule has 4 heteroatoms. The maximum Gasteiger partial charge on any atom is 0.166 e. The molecule has 0 saturated heterocycles. The van der Waals surface area contributed by atoms with Gasteiger partial charge in [-0.25, -0.2) is 0 Å². The summed E-state index contributed by atoms with van der Waals surface area (Å²) in [6, 6.07) is 12.7. The normalized spacial score (nSPS) is 14.2. The van der Waals surface area contributed by atoms with E-state index in [1.165, 1.54) is 12.8 Å². The highest BCUT2D eigenvalue weighted by Gasteiger charge is 2.22. The Morgan fingerprint density at radius 1 is 1.19 bits per heavy atom. The van der Waals surface area contributed by atoms with E-state index in [9.17, 15) is 9.90 Å². The zero-order valence-electron chi connectivity index (χ0n) is 15.0. The molecular formula is C22H23NO3. The zero-order valence-corrected chi connectivity index (χ0v) is 15.0. The highest BCUT2D eigenvalue weighted by molar-refractivity contribution is 5.99. The van der Waals surface area contributed by atoms with E-state index in [1.807, 2.05) is 12.1 Å². The number of Topliss-reactive ketones (excluding diaryl/α,β-unsaturated/α-hetero) is 1. The molecule has 0 aliphatic heterocycles. The first-order valence-electron chi connectivity index (χ1n) is 9.06. The molecular weight excluding hydrogens is 326 g/mol. The van der Waals surface area contributed by atoms with Gasteiger partial charge < -0.3 is 9.84 Å². The Balaban J connectivity index is 1.68. The Bertz CT molecular complexity index is 828. The first-order chi connectivity index (χ1) is 12.6. The van der Waals surface area contributed by atoms with Gasteiger partial charge in [0, 0.05) is 12.0 Å². The number of carbonyl (C=O) groups is 1. The molecule has 0 heterocycles. The van der Waals surface area contributed by atoms with Crippen LogP contribution in [-0.4, -0.2) is 10.9 Å². The number of carbonyl (C=O) groups excluding carboxylic acids is 1. The molecule has 0 aromatic heterocycles. The summed E-state index contributed by atoms with van der Waals surface area (Å²) in [7, 11) is 0. The molecule has 26 heavy (non-hydrogen) atoms. The topological polar surface area (TPSA) is 70.3 Å². The number of aromatic hydroxyl groups is 1. The fraction of sp³-hybridized carbons (Fsp3) is 0.364. The minimum Gasteiger partial charge on any atom is -0.507 e. The molecule has 2 aromatic carbocycles. The molecule has 1 N–H and O–H groups in total. The van der Waals surface area contributed by atoms with Gasteiger partial charge in [-0.15, -0.1) is 0 Å². The smallest absolute Gasteiger partial charge is 0.166 e. The van der Waals surface area contributed by atoms with Crippen LogP contribution in [0.2, 0.25) is 0 Å². The lowest BCUT2D eigenvalue weighted by Gasteiger charge is -2.14. The Morgan fingerprint density at radius 2 is 1.88 bits per heavy atom. The van der Waals surface area contributed by atoms with Crippen molar-refractivity contribution in [1.82, 2.24) is 0 Å². The van der Waals surface area contributed by atoms with Gasteiger partial charge in [0.05, 0.1) is 17.2 Å². The molecule has 0 amide bonds. The standard InChI is InChI=1S/C22H23NO3/c1-15-21(26-14-18-8-6-17(13-23)7-9-18)11-10-19(22(15)25)20(24)12-16-4-2-3-5-16/h6-11,16,25H,2-5,12,14H2,1H3. The molecule has 1 saturated carbocycles. The SMILES string of the molecule is Cc1c(OCc2ccc(C#N)cc2)ccc(C(=O)CC2CCCC2)c1O. The molecule has 1 aliphatic carbocycles. The van der Waals surface area contributed by atoms with Crippen molar-refractivity contribution in [1.29, 1.82) is 5.26 Å². The highest BCUT2D eigenvalue weighted by Crippen LogP contribution is 2.34. The number of ether oxygens (including phenoxy) is 1. The number of ketones is 1. The van der Waals surface area contributed by atoms with E-state index in [2.05, 4.69) is 6.07 Å². The van der Waals surface area contributed by atoms with Gasteiger partial charge in [-0.3, -0.25) is 4.79 Å². The third-order valence-corrected chi connectivity index (χ3v) is 5.11. The van der Waals surface area contributed by atoms with Crippen molar-refractivity contribution in [2.75, 3.05) is 0 Å². The van der Waals surface area contributed by atoms with Crippen molar-refractivity contribution in [3.05, 3.63) is 58.7 Å². The van der Waals surface area contributed by atoms with Crippen LogP contribution < -0.4 is 4.74 Å². The molecule has 4 nitrogen and oxygen atoms in total. The second-order valence-electron chi connectivity index (χ2n) is 6.96. The average Bonchev–Trinajstić information content (AvgIpc) is 3.16. The lowest BCUT2D eigenvalue weighted by atomic mass is 9.95. The highest BCUT2D eigenvalue weighted by atomic mass is 16.5. The van der Waals surface area contributed by atoms with Crippen LogP contribution in [0.3, 0.4) is 0 Å². The summed E-state index contributed by atoms with van der Waals surface area (Å²) in [4.78, 5) is 12.5. The molecule has 0 atom stereocenters.